The molecule has 2 rings (SSSR count). The Morgan fingerprint density at radius 3 is 2.82 bits per heavy atom. The van der Waals surface area contributed by atoms with Gasteiger partial charge in [-0.3, -0.25) is 4.99 Å². The van der Waals surface area contributed by atoms with Gasteiger partial charge in [0.2, 0.25) is 0 Å². The molecule has 2 atom stereocenters. The van der Waals surface area contributed by atoms with Crippen molar-refractivity contribution in [1.29, 1.82) is 0 Å². The Labute approximate surface area is 152 Å². The molecule has 0 aromatic carbocycles. The zero-order chi connectivity index (χ0) is 14.9. The van der Waals surface area contributed by atoms with E-state index in [1.54, 1.807) is 0 Å². The molecule has 2 aliphatic rings. The van der Waals surface area contributed by atoms with Crippen LogP contribution in [-0.2, 0) is 4.74 Å². The van der Waals surface area contributed by atoms with Crippen molar-refractivity contribution >= 4 is 29.9 Å². The lowest BCUT2D eigenvalue weighted by molar-refractivity contribution is 0.117. The summed E-state index contributed by atoms with van der Waals surface area (Å²) in [5.74, 6) is 1.78. The van der Waals surface area contributed by atoms with E-state index in [4.69, 9.17) is 4.74 Å². The number of piperidine rings is 1. The van der Waals surface area contributed by atoms with Crippen LogP contribution in [0.15, 0.2) is 4.99 Å². The van der Waals surface area contributed by atoms with Crippen LogP contribution >= 0.6 is 24.0 Å². The van der Waals surface area contributed by atoms with Crippen molar-refractivity contribution in [3.63, 3.8) is 0 Å². The fourth-order valence-corrected chi connectivity index (χ4v) is 3.15. The number of guanidine groups is 1. The molecular formula is C16H33IN4O. The monoisotopic (exact) mass is 424 g/mol. The molecule has 22 heavy (non-hydrogen) atoms. The minimum absolute atomic E-state index is 0. The summed E-state index contributed by atoms with van der Waals surface area (Å²) in [6, 6.07) is 0. The van der Waals surface area contributed by atoms with Crippen molar-refractivity contribution in [2.75, 3.05) is 45.9 Å². The third-order valence-corrected chi connectivity index (χ3v) is 4.28. The van der Waals surface area contributed by atoms with Gasteiger partial charge >= 0.3 is 0 Å². The summed E-state index contributed by atoms with van der Waals surface area (Å²) in [7, 11) is 0. The van der Waals surface area contributed by atoms with Crippen molar-refractivity contribution in [2.45, 2.75) is 45.6 Å². The first kappa shape index (κ1) is 20.0. The van der Waals surface area contributed by atoms with Gasteiger partial charge < -0.3 is 20.3 Å². The molecule has 0 spiro atoms. The van der Waals surface area contributed by atoms with Crippen LogP contribution in [0.25, 0.3) is 0 Å². The average Bonchev–Trinajstić information content (AvgIpc) is 2.98. The molecule has 2 aliphatic heterocycles. The van der Waals surface area contributed by atoms with Crippen LogP contribution in [0, 0.1) is 5.92 Å². The second-order valence-electron chi connectivity index (χ2n) is 6.33. The van der Waals surface area contributed by atoms with Crippen molar-refractivity contribution in [2.24, 2.45) is 10.9 Å². The number of likely N-dealkylation sites (tertiary alicyclic amines) is 1. The smallest absolute Gasteiger partial charge is 0.191 e. The van der Waals surface area contributed by atoms with Gasteiger partial charge in [-0.2, -0.15) is 0 Å². The van der Waals surface area contributed by atoms with E-state index in [2.05, 4.69) is 34.4 Å². The fraction of sp³-hybridized carbons (Fsp3) is 0.938. The van der Waals surface area contributed by atoms with Crippen molar-refractivity contribution in [1.82, 2.24) is 15.5 Å². The van der Waals surface area contributed by atoms with E-state index in [0.29, 0.717) is 6.10 Å². The first-order valence-corrected chi connectivity index (χ1v) is 8.64. The average molecular weight is 424 g/mol. The highest BCUT2D eigenvalue weighted by atomic mass is 127. The van der Waals surface area contributed by atoms with E-state index in [1.807, 2.05) is 0 Å². The molecule has 0 aromatic rings. The summed E-state index contributed by atoms with van der Waals surface area (Å²) in [4.78, 5) is 7.20. The third-order valence-electron chi connectivity index (χ3n) is 4.28. The summed E-state index contributed by atoms with van der Waals surface area (Å²) in [5, 5.41) is 6.77. The van der Waals surface area contributed by atoms with Gasteiger partial charge in [-0.25, -0.2) is 0 Å². The van der Waals surface area contributed by atoms with Crippen LogP contribution < -0.4 is 10.6 Å². The van der Waals surface area contributed by atoms with Crippen LogP contribution in [0.3, 0.4) is 0 Å². The molecule has 5 nitrogen and oxygen atoms in total. The number of aliphatic imine (C=N–C) groups is 1. The van der Waals surface area contributed by atoms with Crippen LogP contribution in [-0.4, -0.2) is 62.8 Å². The quantitative estimate of drug-likeness (QED) is 0.390. The minimum atomic E-state index is 0. The molecule has 2 saturated heterocycles. The molecule has 0 aliphatic carbocycles. The lowest BCUT2D eigenvalue weighted by Gasteiger charge is -2.30. The topological polar surface area (TPSA) is 48.9 Å². The Bertz CT molecular complexity index is 321. The molecule has 0 radical (unpaired) electrons. The van der Waals surface area contributed by atoms with Gasteiger partial charge in [-0.05, 0) is 45.1 Å². The number of nitrogens with one attached hydrogen (secondary N) is 2. The van der Waals surface area contributed by atoms with Crippen molar-refractivity contribution < 1.29 is 4.74 Å². The first-order chi connectivity index (χ1) is 10.3. The highest BCUT2D eigenvalue weighted by Gasteiger charge is 2.16. The second kappa shape index (κ2) is 11.5. The van der Waals surface area contributed by atoms with Gasteiger partial charge in [0.05, 0.1) is 12.6 Å². The number of hydrogen-bond donors (Lipinski definition) is 2. The van der Waals surface area contributed by atoms with Gasteiger partial charge in [0.25, 0.3) is 0 Å². The predicted molar refractivity (Wildman–Crippen MR) is 103 cm³/mol. The number of hydrogen-bond acceptors (Lipinski definition) is 3. The Hall–Kier alpha value is -0.0800. The molecule has 0 bridgehead atoms. The summed E-state index contributed by atoms with van der Waals surface area (Å²) >= 11 is 0. The van der Waals surface area contributed by atoms with Gasteiger partial charge in [-0.15, -0.1) is 24.0 Å². The van der Waals surface area contributed by atoms with Crippen molar-refractivity contribution in [3.05, 3.63) is 0 Å². The zero-order valence-electron chi connectivity index (χ0n) is 14.1. The van der Waals surface area contributed by atoms with Crippen molar-refractivity contribution in [3.8, 4) is 0 Å². The lowest BCUT2D eigenvalue weighted by Crippen LogP contribution is -2.44. The predicted octanol–water partition coefficient (Wildman–Crippen LogP) is 2.07. The highest BCUT2D eigenvalue weighted by molar-refractivity contribution is 14.0. The summed E-state index contributed by atoms with van der Waals surface area (Å²) in [6.07, 6.45) is 5.37. The lowest BCUT2D eigenvalue weighted by atomic mass is 10.0. The Morgan fingerprint density at radius 1 is 1.27 bits per heavy atom. The maximum Gasteiger partial charge on any atom is 0.191 e. The van der Waals surface area contributed by atoms with E-state index >= 15 is 0 Å². The highest BCUT2D eigenvalue weighted by Crippen LogP contribution is 2.14. The van der Waals surface area contributed by atoms with Crippen LogP contribution in [0.1, 0.15) is 39.5 Å². The number of rotatable bonds is 6. The molecule has 2 unspecified atom stereocenters. The molecule has 0 saturated carbocycles. The van der Waals surface area contributed by atoms with Gasteiger partial charge in [0, 0.05) is 32.8 Å². The number of ether oxygens (including phenoxy) is 1. The summed E-state index contributed by atoms with van der Waals surface area (Å²) in [5.41, 5.74) is 0. The second-order valence-corrected chi connectivity index (χ2v) is 6.33. The third kappa shape index (κ3) is 7.46. The molecule has 6 heteroatoms. The summed E-state index contributed by atoms with van der Waals surface area (Å²) < 4.78 is 5.62. The normalized spacial score (nSPS) is 26.5. The van der Waals surface area contributed by atoms with E-state index in [9.17, 15) is 0 Å². The van der Waals surface area contributed by atoms with E-state index < -0.39 is 0 Å². The maximum absolute atomic E-state index is 5.62. The molecule has 0 aromatic heterocycles. The fourth-order valence-electron chi connectivity index (χ4n) is 3.15. The zero-order valence-corrected chi connectivity index (χ0v) is 16.5. The molecule has 2 N–H and O–H groups in total. The molecule has 2 heterocycles. The standard InChI is InChI=1S/C16H32N4O.HI/c1-3-17-16(19-12-15-7-5-11-21-15)18-8-10-20-9-4-6-14(2)13-20;/h14-15H,3-13H2,1-2H3,(H2,17,18,19);1H. The van der Waals surface area contributed by atoms with E-state index in [0.717, 1.165) is 51.1 Å². The maximum atomic E-state index is 5.62. The molecule has 0 amide bonds. The number of nitrogens with zero attached hydrogens (tertiary/aromatic N) is 2. The largest absolute Gasteiger partial charge is 0.376 e. The van der Waals surface area contributed by atoms with Gasteiger partial charge in [-0.1, -0.05) is 6.92 Å². The molecule has 130 valence electrons. The first-order valence-electron chi connectivity index (χ1n) is 8.64. The van der Waals surface area contributed by atoms with Gasteiger partial charge in [0.1, 0.15) is 0 Å². The summed E-state index contributed by atoms with van der Waals surface area (Å²) in [6.45, 7) is 11.6. The van der Waals surface area contributed by atoms with Crippen LogP contribution in [0.2, 0.25) is 0 Å². The van der Waals surface area contributed by atoms with Gasteiger partial charge in [0.15, 0.2) is 5.96 Å². The Balaban J connectivity index is 0.00000242. The SMILES string of the molecule is CCNC(=NCC1CCCO1)NCCN1CCCC(C)C1.I. The molecule has 2 fully saturated rings. The molecular weight excluding hydrogens is 391 g/mol. The number of halogens is 1. The van der Waals surface area contributed by atoms with Crippen LogP contribution in [0.5, 0.6) is 0 Å². The minimum Gasteiger partial charge on any atom is -0.376 e. The Kier molecular flexibility index (Phi) is 10.4. The van der Waals surface area contributed by atoms with Crippen LogP contribution in [0.4, 0.5) is 0 Å². The Morgan fingerprint density at radius 2 is 2.14 bits per heavy atom. The van der Waals surface area contributed by atoms with E-state index in [-0.39, 0.29) is 24.0 Å². The van der Waals surface area contributed by atoms with E-state index in [1.165, 1.54) is 32.4 Å².